The molecule has 1 aromatic carbocycles. The number of Topliss-reactive ketones (excluding diaryl/α,β-unsaturated/α-hetero) is 1. The van der Waals surface area contributed by atoms with Crippen LogP contribution >= 0.6 is 0 Å². The number of carbonyl (C=O) groups is 1. The Balaban J connectivity index is 2.46. The maximum Gasteiger partial charge on any atom is 0.174 e. The number of rotatable bonds is 4. The van der Waals surface area contributed by atoms with Crippen LogP contribution in [0.15, 0.2) is 12.1 Å². The van der Waals surface area contributed by atoms with Gasteiger partial charge in [-0.1, -0.05) is 31.7 Å². The first-order valence-corrected chi connectivity index (χ1v) is 7.94. The molecule has 1 saturated carbocycles. The molecule has 0 unspecified atom stereocenters. The molecule has 0 spiro atoms. The van der Waals surface area contributed by atoms with Gasteiger partial charge in [0.25, 0.3) is 0 Å². The van der Waals surface area contributed by atoms with Gasteiger partial charge in [0.2, 0.25) is 0 Å². The molecule has 116 valence electrons. The second-order valence-corrected chi connectivity index (χ2v) is 6.39. The maximum atomic E-state index is 13.3. The molecule has 3 nitrogen and oxygen atoms in total. The molecule has 0 amide bonds. The van der Waals surface area contributed by atoms with Gasteiger partial charge >= 0.3 is 0 Å². The summed E-state index contributed by atoms with van der Waals surface area (Å²) in [4.78, 5) is 13.3. The lowest BCUT2D eigenvalue weighted by atomic mass is 9.73. The number of hydrogen-bond donors (Lipinski definition) is 1. The molecule has 1 aliphatic carbocycles. The van der Waals surface area contributed by atoms with Gasteiger partial charge in [0, 0.05) is 12.0 Å². The van der Waals surface area contributed by atoms with Crippen LogP contribution in [0.5, 0.6) is 5.75 Å². The monoisotopic (exact) mass is 289 g/mol. The van der Waals surface area contributed by atoms with E-state index < -0.39 is 5.41 Å². The molecule has 1 aromatic rings. The van der Waals surface area contributed by atoms with Crippen molar-refractivity contribution in [2.24, 2.45) is 11.1 Å². The molecule has 2 N–H and O–H groups in total. The number of benzene rings is 1. The number of ketones is 1. The van der Waals surface area contributed by atoms with E-state index >= 15 is 0 Å². The lowest BCUT2D eigenvalue weighted by Gasteiger charge is -2.31. The van der Waals surface area contributed by atoms with Crippen molar-refractivity contribution < 1.29 is 9.53 Å². The van der Waals surface area contributed by atoms with Gasteiger partial charge in [-0.05, 0) is 43.9 Å². The predicted octanol–water partition coefficient (Wildman–Crippen LogP) is 3.79. The summed E-state index contributed by atoms with van der Waals surface area (Å²) in [6.45, 7) is 4.44. The Hall–Kier alpha value is -1.35. The number of hydrogen-bond acceptors (Lipinski definition) is 3. The Bertz CT molecular complexity index is 514. The number of nitrogens with two attached hydrogens (primary N) is 1. The van der Waals surface area contributed by atoms with Gasteiger partial charge in [0.15, 0.2) is 5.78 Å². The molecule has 3 heteroatoms. The lowest BCUT2D eigenvalue weighted by molar-refractivity contribution is 0.0770. The first kappa shape index (κ1) is 16.0. The van der Waals surface area contributed by atoms with E-state index in [9.17, 15) is 4.79 Å². The summed E-state index contributed by atoms with van der Waals surface area (Å²) in [6, 6.07) is 4.00. The minimum atomic E-state index is -0.399. The highest BCUT2D eigenvalue weighted by Crippen LogP contribution is 2.40. The van der Waals surface area contributed by atoms with Crippen molar-refractivity contribution in [3.63, 3.8) is 0 Å². The summed E-state index contributed by atoms with van der Waals surface area (Å²) >= 11 is 0. The van der Waals surface area contributed by atoms with Crippen molar-refractivity contribution in [2.45, 2.75) is 52.4 Å². The van der Waals surface area contributed by atoms with Crippen LogP contribution in [0.4, 0.5) is 0 Å². The molecule has 0 heterocycles. The van der Waals surface area contributed by atoms with Crippen LogP contribution in [0.25, 0.3) is 0 Å². The first-order valence-electron chi connectivity index (χ1n) is 7.94. The highest BCUT2D eigenvalue weighted by atomic mass is 16.5. The molecular weight excluding hydrogens is 262 g/mol. The fourth-order valence-electron chi connectivity index (χ4n) is 3.57. The van der Waals surface area contributed by atoms with E-state index in [-0.39, 0.29) is 5.78 Å². The van der Waals surface area contributed by atoms with Gasteiger partial charge in [0.1, 0.15) is 5.75 Å². The van der Waals surface area contributed by atoms with Crippen molar-refractivity contribution in [3.05, 3.63) is 28.8 Å². The average Bonchev–Trinajstić information content (AvgIpc) is 2.72. The zero-order chi connectivity index (χ0) is 15.5. The van der Waals surface area contributed by atoms with Gasteiger partial charge in [-0.3, -0.25) is 4.79 Å². The fraction of sp³-hybridized carbons (Fsp3) is 0.611. The number of aryl methyl sites for hydroxylation is 2. The molecule has 0 saturated heterocycles. The van der Waals surface area contributed by atoms with Crippen molar-refractivity contribution in [1.29, 1.82) is 0 Å². The summed E-state index contributed by atoms with van der Waals surface area (Å²) in [6.07, 6.45) is 6.40. The molecule has 1 fully saturated rings. The van der Waals surface area contributed by atoms with E-state index in [1.807, 2.05) is 19.9 Å². The van der Waals surface area contributed by atoms with Gasteiger partial charge in [-0.25, -0.2) is 0 Å². The number of ether oxygens (including phenoxy) is 1. The summed E-state index contributed by atoms with van der Waals surface area (Å²) < 4.78 is 5.48. The zero-order valence-electron chi connectivity index (χ0n) is 13.5. The second-order valence-electron chi connectivity index (χ2n) is 6.39. The van der Waals surface area contributed by atoms with Crippen LogP contribution < -0.4 is 10.5 Å². The van der Waals surface area contributed by atoms with Crippen molar-refractivity contribution in [1.82, 2.24) is 0 Å². The lowest BCUT2D eigenvalue weighted by Crippen LogP contribution is -2.39. The van der Waals surface area contributed by atoms with E-state index in [1.54, 1.807) is 7.11 Å². The van der Waals surface area contributed by atoms with Crippen LogP contribution in [-0.4, -0.2) is 19.4 Å². The molecule has 0 aromatic heterocycles. The maximum absolute atomic E-state index is 13.3. The predicted molar refractivity (Wildman–Crippen MR) is 86.0 cm³/mol. The van der Waals surface area contributed by atoms with Crippen molar-refractivity contribution in [3.8, 4) is 5.75 Å². The average molecular weight is 289 g/mol. The molecular formula is C18H27NO2. The molecule has 0 atom stereocenters. The van der Waals surface area contributed by atoms with E-state index in [2.05, 4.69) is 6.07 Å². The second kappa shape index (κ2) is 6.61. The Kier molecular flexibility index (Phi) is 5.04. The van der Waals surface area contributed by atoms with Crippen molar-refractivity contribution in [2.75, 3.05) is 13.7 Å². The third-order valence-corrected chi connectivity index (χ3v) is 4.82. The van der Waals surface area contributed by atoms with Crippen LogP contribution in [-0.2, 0) is 0 Å². The third kappa shape index (κ3) is 3.13. The molecule has 0 aliphatic heterocycles. The Morgan fingerprint density at radius 3 is 2.33 bits per heavy atom. The Labute approximate surface area is 127 Å². The summed E-state index contributed by atoms with van der Waals surface area (Å²) in [7, 11) is 1.63. The third-order valence-electron chi connectivity index (χ3n) is 4.82. The van der Waals surface area contributed by atoms with Crippen LogP contribution in [0, 0.1) is 19.3 Å². The molecule has 2 rings (SSSR count). The summed E-state index contributed by atoms with van der Waals surface area (Å²) in [5, 5.41) is 0. The quantitative estimate of drug-likeness (QED) is 0.677. The highest BCUT2D eigenvalue weighted by molar-refractivity contribution is 6.04. The highest BCUT2D eigenvalue weighted by Gasteiger charge is 2.39. The molecule has 0 bridgehead atoms. The van der Waals surface area contributed by atoms with Gasteiger partial charge in [-0.2, -0.15) is 0 Å². The minimum absolute atomic E-state index is 0.182. The normalized spacial score (nSPS) is 18.1. The van der Waals surface area contributed by atoms with Gasteiger partial charge in [0.05, 0.1) is 12.7 Å². The number of carbonyl (C=O) groups excluding carboxylic acids is 1. The fourth-order valence-corrected chi connectivity index (χ4v) is 3.57. The molecule has 1 aliphatic rings. The minimum Gasteiger partial charge on any atom is -0.496 e. The first-order chi connectivity index (χ1) is 10.0. The van der Waals surface area contributed by atoms with Crippen LogP contribution in [0.2, 0.25) is 0 Å². The summed E-state index contributed by atoms with van der Waals surface area (Å²) in [5.41, 5.74) is 8.50. The van der Waals surface area contributed by atoms with Crippen molar-refractivity contribution >= 4 is 5.78 Å². The molecule has 21 heavy (non-hydrogen) atoms. The Morgan fingerprint density at radius 1 is 1.19 bits per heavy atom. The van der Waals surface area contributed by atoms with E-state index in [1.165, 1.54) is 12.8 Å². The van der Waals surface area contributed by atoms with Gasteiger partial charge < -0.3 is 10.5 Å². The smallest absolute Gasteiger partial charge is 0.174 e. The van der Waals surface area contributed by atoms with Crippen LogP contribution in [0.3, 0.4) is 0 Å². The zero-order valence-corrected chi connectivity index (χ0v) is 13.5. The number of methoxy groups -OCH3 is 1. The summed E-state index contributed by atoms with van der Waals surface area (Å²) in [5.74, 6) is 0.871. The largest absolute Gasteiger partial charge is 0.496 e. The molecule has 0 radical (unpaired) electrons. The van der Waals surface area contributed by atoms with E-state index in [0.29, 0.717) is 12.3 Å². The van der Waals surface area contributed by atoms with Crippen LogP contribution in [0.1, 0.15) is 60.0 Å². The standard InChI is InChI=1S/C18H27NO2/c1-13-10-14(2)16(15(11-13)21-3)17(20)18(12-19)8-6-4-5-7-9-18/h10-11H,4-9,12,19H2,1-3H3. The van der Waals surface area contributed by atoms with Gasteiger partial charge in [-0.15, -0.1) is 0 Å². The van der Waals surface area contributed by atoms with E-state index in [0.717, 1.165) is 42.4 Å². The van der Waals surface area contributed by atoms with E-state index in [4.69, 9.17) is 10.5 Å². The Morgan fingerprint density at radius 2 is 1.81 bits per heavy atom. The topological polar surface area (TPSA) is 52.3 Å². The SMILES string of the molecule is COc1cc(C)cc(C)c1C(=O)C1(CN)CCCCCC1.